The summed E-state index contributed by atoms with van der Waals surface area (Å²) in [6.45, 7) is 1.71. The Kier molecular flexibility index (Phi) is 4.58. The van der Waals surface area contributed by atoms with E-state index in [4.69, 9.17) is 4.42 Å². The van der Waals surface area contributed by atoms with Crippen LogP contribution in [0.25, 0.3) is 33.2 Å². The van der Waals surface area contributed by atoms with E-state index in [0.29, 0.717) is 28.9 Å². The number of nitro benzene ring substituents is 1. The zero-order valence-electron chi connectivity index (χ0n) is 14.8. The quantitative estimate of drug-likeness (QED) is 0.245. The number of furan rings is 1. The standard InChI is InChI=1S/C21H14N2O4S/c1-13-5-6-14(10-19(13)23(25)26)18-12-28-21(22-18)16-4-2-3-15(9-16)20-8-7-17(11-24)27-20/h2-12H,1H3. The highest BCUT2D eigenvalue weighted by Crippen LogP contribution is 2.33. The number of carbonyl (C=O) groups is 1. The third-order valence-corrected chi connectivity index (χ3v) is 5.23. The number of aromatic nitrogens is 1. The topological polar surface area (TPSA) is 86.2 Å². The van der Waals surface area contributed by atoms with Gasteiger partial charge in [-0.25, -0.2) is 4.98 Å². The van der Waals surface area contributed by atoms with Crippen LogP contribution in [0.4, 0.5) is 5.69 Å². The Morgan fingerprint density at radius 3 is 2.64 bits per heavy atom. The summed E-state index contributed by atoms with van der Waals surface area (Å²) in [4.78, 5) is 26.3. The molecule has 0 aliphatic carbocycles. The van der Waals surface area contributed by atoms with Crippen LogP contribution in [0.15, 0.2) is 64.4 Å². The average molecular weight is 390 g/mol. The van der Waals surface area contributed by atoms with Crippen molar-refractivity contribution < 1.29 is 14.1 Å². The summed E-state index contributed by atoms with van der Waals surface area (Å²) >= 11 is 1.46. The van der Waals surface area contributed by atoms with Crippen molar-refractivity contribution in [2.45, 2.75) is 6.92 Å². The van der Waals surface area contributed by atoms with Crippen LogP contribution in [0.5, 0.6) is 0 Å². The molecule has 0 fully saturated rings. The van der Waals surface area contributed by atoms with Crippen LogP contribution in [-0.4, -0.2) is 16.2 Å². The molecule has 0 aliphatic heterocycles. The fourth-order valence-corrected chi connectivity index (χ4v) is 3.71. The third kappa shape index (κ3) is 3.35. The molecular weight excluding hydrogens is 376 g/mol. The van der Waals surface area contributed by atoms with Crippen molar-refractivity contribution in [3.8, 4) is 33.2 Å². The van der Waals surface area contributed by atoms with Crippen LogP contribution in [-0.2, 0) is 0 Å². The molecule has 2 heterocycles. The molecule has 0 radical (unpaired) electrons. The molecule has 0 unspecified atom stereocenters. The van der Waals surface area contributed by atoms with Gasteiger partial charge in [0.05, 0.1) is 10.6 Å². The highest BCUT2D eigenvalue weighted by Gasteiger charge is 2.14. The maximum atomic E-state index is 11.2. The van der Waals surface area contributed by atoms with Crippen molar-refractivity contribution >= 4 is 23.3 Å². The second kappa shape index (κ2) is 7.21. The van der Waals surface area contributed by atoms with E-state index in [1.165, 1.54) is 11.3 Å². The van der Waals surface area contributed by atoms with Gasteiger partial charge in [-0.3, -0.25) is 14.9 Å². The van der Waals surface area contributed by atoms with Crippen LogP contribution in [0, 0.1) is 17.0 Å². The number of aldehydes is 1. The minimum Gasteiger partial charge on any atom is -0.453 e. The first-order chi connectivity index (χ1) is 13.5. The Hall–Kier alpha value is -3.58. The smallest absolute Gasteiger partial charge is 0.272 e. The fraction of sp³-hybridized carbons (Fsp3) is 0.0476. The molecule has 2 aromatic carbocycles. The number of hydrogen-bond acceptors (Lipinski definition) is 6. The fourth-order valence-electron chi connectivity index (χ4n) is 2.88. The van der Waals surface area contributed by atoms with Crippen LogP contribution in [0.1, 0.15) is 16.1 Å². The first kappa shape index (κ1) is 17.8. The van der Waals surface area contributed by atoms with Crippen molar-refractivity contribution in [3.63, 3.8) is 0 Å². The molecular formula is C21H14N2O4S. The number of nitrogens with zero attached hydrogens (tertiary/aromatic N) is 2. The Bertz CT molecular complexity index is 1190. The van der Waals surface area contributed by atoms with Gasteiger partial charge in [-0.05, 0) is 25.1 Å². The van der Waals surface area contributed by atoms with Crippen LogP contribution in [0.3, 0.4) is 0 Å². The van der Waals surface area contributed by atoms with Gasteiger partial charge in [0.15, 0.2) is 12.0 Å². The zero-order chi connectivity index (χ0) is 19.7. The first-order valence-electron chi connectivity index (χ1n) is 8.42. The molecule has 0 bridgehead atoms. The lowest BCUT2D eigenvalue weighted by Gasteiger charge is -2.02. The van der Waals surface area contributed by atoms with E-state index in [9.17, 15) is 14.9 Å². The molecule has 0 saturated carbocycles. The minimum atomic E-state index is -0.382. The van der Waals surface area contributed by atoms with Gasteiger partial charge in [0.25, 0.3) is 5.69 Å². The molecule has 0 amide bonds. The third-order valence-electron chi connectivity index (χ3n) is 4.34. The van der Waals surface area contributed by atoms with Gasteiger partial charge in [0.2, 0.25) is 0 Å². The summed E-state index contributed by atoms with van der Waals surface area (Å²) in [5.41, 5.74) is 3.84. The largest absolute Gasteiger partial charge is 0.453 e. The normalized spacial score (nSPS) is 10.8. The highest BCUT2D eigenvalue weighted by molar-refractivity contribution is 7.13. The monoisotopic (exact) mass is 390 g/mol. The van der Waals surface area contributed by atoms with Crippen molar-refractivity contribution in [1.29, 1.82) is 0 Å². The van der Waals surface area contributed by atoms with Crippen molar-refractivity contribution in [2.75, 3.05) is 0 Å². The first-order valence-corrected chi connectivity index (χ1v) is 9.30. The SMILES string of the molecule is Cc1ccc(-c2csc(-c3cccc(-c4ccc(C=O)o4)c3)n2)cc1[N+](=O)[O-]. The summed E-state index contributed by atoms with van der Waals surface area (Å²) in [7, 11) is 0. The predicted octanol–water partition coefficient (Wildman–Crippen LogP) is 5.77. The molecule has 6 nitrogen and oxygen atoms in total. The maximum absolute atomic E-state index is 11.2. The lowest BCUT2D eigenvalue weighted by Crippen LogP contribution is -1.92. The lowest BCUT2D eigenvalue weighted by molar-refractivity contribution is -0.385. The van der Waals surface area contributed by atoms with Crippen molar-refractivity contribution in [3.05, 3.63) is 81.4 Å². The van der Waals surface area contributed by atoms with E-state index >= 15 is 0 Å². The van der Waals surface area contributed by atoms with E-state index in [1.807, 2.05) is 35.7 Å². The number of aryl methyl sites for hydroxylation is 1. The highest BCUT2D eigenvalue weighted by atomic mass is 32.1. The molecule has 138 valence electrons. The molecule has 0 N–H and O–H groups in total. The number of benzene rings is 2. The Morgan fingerprint density at radius 2 is 1.89 bits per heavy atom. The van der Waals surface area contributed by atoms with Gasteiger partial charge < -0.3 is 4.42 Å². The molecule has 0 saturated heterocycles. The summed E-state index contributed by atoms with van der Waals surface area (Å²) in [5, 5.41) is 13.9. The lowest BCUT2D eigenvalue weighted by atomic mass is 10.1. The minimum absolute atomic E-state index is 0.0813. The van der Waals surface area contributed by atoms with Gasteiger partial charge in [0.1, 0.15) is 10.8 Å². The van der Waals surface area contributed by atoms with Gasteiger partial charge in [-0.1, -0.05) is 30.3 Å². The maximum Gasteiger partial charge on any atom is 0.272 e. The summed E-state index contributed by atoms with van der Waals surface area (Å²) in [6, 6.07) is 16.2. The number of carbonyl (C=O) groups excluding carboxylic acids is 1. The van der Waals surface area contributed by atoms with E-state index in [0.717, 1.165) is 16.1 Å². The molecule has 0 atom stereocenters. The molecule has 28 heavy (non-hydrogen) atoms. The van der Waals surface area contributed by atoms with Gasteiger partial charge in [0, 0.05) is 33.7 Å². The predicted molar refractivity (Wildman–Crippen MR) is 107 cm³/mol. The van der Waals surface area contributed by atoms with Crippen LogP contribution >= 0.6 is 11.3 Å². The Balaban J connectivity index is 1.68. The van der Waals surface area contributed by atoms with E-state index in [2.05, 4.69) is 4.98 Å². The number of hydrogen-bond donors (Lipinski definition) is 0. The molecule has 7 heteroatoms. The second-order valence-corrected chi connectivity index (χ2v) is 7.06. The van der Waals surface area contributed by atoms with E-state index < -0.39 is 0 Å². The second-order valence-electron chi connectivity index (χ2n) is 6.20. The summed E-state index contributed by atoms with van der Waals surface area (Å²) in [6.07, 6.45) is 0.668. The van der Waals surface area contributed by atoms with Gasteiger partial charge in [-0.2, -0.15) is 0 Å². The Labute approximate surface area is 164 Å². The average Bonchev–Trinajstić information content (AvgIpc) is 3.38. The molecule has 2 aromatic heterocycles. The summed E-state index contributed by atoms with van der Waals surface area (Å²) < 4.78 is 5.48. The number of rotatable bonds is 5. The molecule has 4 rings (SSSR count). The van der Waals surface area contributed by atoms with E-state index in [1.54, 1.807) is 31.2 Å². The molecule has 4 aromatic rings. The molecule has 0 aliphatic rings. The molecule has 0 spiro atoms. The van der Waals surface area contributed by atoms with Crippen molar-refractivity contribution in [2.24, 2.45) is 0 Å². The van der Waals surface area contributed by atoms with Crippen molar-refractivity contribution in [1.82, 2.24) is 4.98 Å². The Morgan fingerprint density at radius 1 is 1.07 bits per heavy atom. The van der Waals surface area contributed by atoms with E-state index in [-0.39, 0.29) is 16.4 Å². The number of nitro groups is 1. The number of thiazole rings is 1. The van der Waals surface area contributed by atoms with Crippen LogP contribution in [0.2, 0.25) is 0 Å². The summed E-state index contributed by atoms with van der Waals surface area (Å²) in [5.74, 6) is 0.882. The van der Waals surface area contributed by atoms with Gasteiger partial charge >= 0.3 is 0 Å². The zero-order valence-corrected chi connectivity index (χ0v) is 15.6. The van der Waals surface area contributed by atoms with Crippen LogP contribution < -0.4 is 0 Å². The van der Waals surface area contributed by atoms with Gasteiger partial charge in [-0.15, -0.1) is 11.3 Å².